The van der Waals surface area contributed by atoms with E-state index in [4.69, 9.17) is 0 Å². The van der Waals surface area contributed by atoms with E-state index in [-0.39, 0.29) is 23.7 Å². The summed E-state index contributed by atoms with van der Waals surface area (Å²) in [6.07, 6.45) is 1.75. The van der Waals surface area contributed by atoms with Crippen LogP contribution in [0.3, 0.4) is 0 Å². The summed E-state index contributed by atoms with van der Waals surface area (Å²) in [4.78, 5) is 29.0. The zero-order valence-corrected chi connectivity index (χ0v) is 25.5. The van der Waals surface area contributed by atoms with Gasteiger partial charge >= 0.3 is 5.69 Å². The van der Waals surface area contributed by atoms with Crippen molar-refractivity contribution in [3.05, 3.63) is 86.4 Å². The van der Waals surface area contributed by atoms with Crippen molar-refractivity contribution in [2.24, 2.45) is 13.0 Å². The fraction of sp³-hybridized carbons (Fsp3) is 0.379. The van der Waals surface area contributed by atoms with Crippen molar-refractivity contribution in [2.75, 3.05) is 12.3 Å². The Hall–Kier alpha value is -2.73. The highest BCUT2D eigenvalue weighted by atomic mass is 32.2. The van der Waals surface area contributed by atoms with E-state index in [1.807, 2.05) is 32.0 Å². The number of thioether (sulfide) groups is 1. The molecule has 0 aliphatic heterocycles. The molecule has 4 aromatic rings. The fourth-order valence-corrected chi connectivity index (χ4v) is 8.02. The van der Waals surface area contributed by atoms with Crippen LogP contribution < -0.4 is 16.0 Å². The van der Waals surface area contributed by atoms with Crippen molar-refractivity contribution in [1.82, 2.24) is 13.9 Å². The number of hydrogen-bond acceptors (Lipinski definition) is 6. The number of aromatic nitrogens is 2. The van der Waals surface area contributed by atoms with Crippen LogP contribution >= 0.6 is 23.1 Å². The molecule has 0 fully saturated rings. The Labute approximate surface area is 241 Å². The van der Waals surface area contributed by atoms with Gasteiger partial charge < -0.3 is 0 Å². The lowest BCUT2D eigenvalue weighted by Crippen LogP contribution is -2.39. The summed E-state index contributed by atoms with van der Waals surface area (Å²) in [6.45, 7) is 8.78. The molecule has 0 saturated heterocycles. The van der Waals surface area contributed by atoms with Crippen LogP contribution in [0.5, 0.6) is 0 Å². The molecule has 0 aliphatic rings. The van der Waals surface area contributed by atoms with E-state index in [2.05, 4.69) is 35.6 Å². The molecule has 2 heterocycles. The second-order valence-corrected chi connectivity index (χ2v) is 14.6. The van der Waals surface area contributed by atoms with Crippen molar-refractivity contribution in [3.63, 3.8) is 0 Å². The number of nitrogens with zero attached hydrogens (tertiary/aromatic N) is 2. The second kappa shape index (κ2) is 12.0. The summed E-state index contributed by atoms with van der Waals surface area (Å²) in [6, 6.07) is 14.3. The smallest absolute Gasteiger partial charge is 0.284 e. The van der Waals surface area contributed by atoms with Gasteiger partial charge in [0.05, 0.1) is 5.39 Å². The molecule has 4 rings (SSSR count). The first-order valence-electron chi connectivity index (χ1n) is 13.0. The van der Waals surface area contributed by atoms with E-state index in [9.17, 15) is 22.4 Å². The number of rotatable bonds is 12. The molecule has 40 heavy (non-hydrogen) atoms. The number of fused-ring (bicyclic) bond motifs is 2. The SMILES string of the molecule is C=C[C@@](C)(F)S(=O)(=O)NCCCSc1c(Cc2cccc3ccccc23)sc2c1c(=O)n(C)c(=O)n2CC(C)C. The lowest BCUT2D eigenvalue weighted by molar-refractivity contribution is 0.353. The van der Waals surface area contributed by atoms with E-state index in [0.717, 1.165) is 43.7 Å². The van der Waals surface area contributed by atoms with E-state index >= 15 is 0 Å². The number of halogens is 1. The third-order valence-corrected chi connectivity index (χ3v) is 11.1. The maximum Gasteiger partial charge on any atom is 0.331 e. The molecular weight excluding hydrogens is 570 g/mol. The van der Waals surface area contributed by atoms with Gasteiger partial charge in [-0.25, -0.2) is 22.3 Å². The van der Waals surface area contributed by atoms with Gasteiger partial charge in [0.1, 0.15) is 4.83 Å². The number of alkyl halides is 1. The normalized spacial score (nSPS) is 13.8. The quantitative estimate of drug-likeness (QED) is 0.132. The highest BCUT2D eigenvalue weighted by Gasteiger charge is 2.35. The minimum absolute atomic E-state index is 0.0411. The topological polar surface area (TPSA) is 90.2 Å². The average molecular weight is 604 g/mol. The zero-order chi connectivity index (χ0) is 29.2. The lowest BCUT2D eigenvalue weighted by Gasteiger charge is -2.16. The van der Waals surface area contributed by atoms with Crippen LogP contribution in [0.1, 0.15) is 37.6 Å². The molecule has 214 valence electrons. The predicted molar refractivity (Wildman–Crippen MR) is 165 cm³/mol. The third-order valence-electron chi connectivity index (χ3n) is 6.72. The number of sulfonamides is 1. The van der Waals surface area contributed by atoms with E-state index in [1.54, 1.807) is 4.57 Å². The Bertz CT molecular complexity index is 1780. The van der Waals surface area contributed by atoms with Crippen LogP contribution in [-0.4, -0.2) is 34.9 Å². The lowest BCUT2D eigenvalue weighted by atomic mass is 10.0. The Morgan fingerprint density at radius 1 is 1.18 bits per heavy atom. The second-order valence-electron chi connectivity index (χ2n) is 10.3. The fourth-order valence-electron chi connectivity index (χ4n) is 4.47. The van der Waals surface area contributed by atoms with Gasteiger partial charge in [-0.05, 0) is 47.4 Å². The van der Waals surface area contributed by atoms with E-state index in [0.29, 0.717) is 35.4 Å². The van der Waals surface area contributed by atoms with Crippen LogP contribution in [0.4, 0.5) is 4.39 Å². The first kappa shape index (κ1) is 30.2. The summed E-state index contributed by atoms with van der Waals surface area (Å²) >= 11 is 2.92. The van der Waals surface area contributed by atoms with Crippen molar-refractivity contribution < 1.29 is 12.8 Å². The van der Waals surface area contributed by atoms with Gasteiger partial charge in [-0.3, -0.25) is 13.9 Å². The highest BCUT2D eigenvalue weighted by molar-refractivity contribution is 7.99. The first-order chi connectivity index (χ1) is 18.9. The van der Waals surface area contributed by atoms with Crippen molar-refractivity contribution in [3.8, 4) is 0 Å². The highest BCUT2D eigenvalue weighted by Crippen LogP contribution is 2.39. The molecule has 0 aliphatic carbocycles. The summed E-state index contributed by atoms with van der Waals surface area (Å²) in [7, 11) is -2.72. The molecule has 0 amide bonds. The maximum atomic E-state index is 14.3. The molecule has 11 heteroatoms. The van der Waals surface area contributed by atoms with Crippen LogP contribution in [0.25, 0.3) is 21.0 Å². The van der Waals surface area contributed by atoms with Gasteiger partial charge in [0.25, 0.3) is 5.56 Å². The molecule has 0 unspecified atom stereocenters. The summed E-state index contributed by atoms with van der Waals surface area (Å²) in [5.41, 5.74) is 0.426. The molecule has 0 bridgehead atoms. The molecule has 0 radical (unpaired) electrons. The number of nitrogens with one attached hydrogen (secondary N) is 1. The van der Waals surface area contributed by atoms with Gasteiger partial charge in [0.2, 0.25) is 15.0 Å². The third kappa shape index (κ3) is 5.97. The Morgan fingerprint density at radius 2 is 1.88 bits per heavy atom. The minimum Gasteiger partial charge on any atom is -0.284 e. The Kier molecular flexibility index (Phi) is 9.08. The van der Waals surface area contributed by atoms with Crippen LogP contribution in [0, 0.1) is 5.92 Å². The molecule has 7 nitrogen and oxygen atoms in total. The summed E-state index contributed by atoms with van der Waals surface area (Å²) in [5, 5.41) is 0.185. The minimum atomic E-state index is -4.22. The van der Waals surface area contributed by atoms with E-state index < -0.39 is 15.0 Å². The number of benzene rings is 2. The molecule has 2 aromatic carbocycles. The monoisotopic (exact) mass is 603 g/mol. The molecule has 1 N–H and O–H groups in total. The van der Waals surface area contributed by atoms with Crippen LogP contribution in [0.15, 0.2) is 69.6 Å². The number of hydrogen-bond donors (Lipinski definition) is 1. The Morgan fingerprint density at radius 3 is 2.58 bits per heavy atom. The van der Waals surface area contributed by atoms with Crippen LogP contribution in [0.2, 0.25) is 0 Å². The average Bonchev–Trinajstić information content (AvgIpc) is 3.27. The molecular formula is C29H34FN3O4S3. The van der Waals surface area contributed by atoms with E-state index in [1.165, 1.54) is 30.1 Å². The number of thiophene rings is 1. The maximum absolute atomic E-state index is 14.3. The summed E-state index contributed by atoms with van der Waals surface area (Å²) in [5.74, 6) is 0.684. The van der Waals surface area contributed by atoms with Gasteiger partial charge in [0.15, 0.2) is 0 Å². The van der Waals surface area contributed by atoms with Crippen molar-refractivity contribution in [2.45, 2.75) is 50.1 Å². The largest absolute Gasteiger partial charge is 0.331 e. The Balaban J connectivity index is 1.73. The summed E-state index contributed by atoms with van der Waals surface area (Å²) < 4.78 is 43.9. The van der Waals surface area contributed by atoms with Gasteiger partial charge in [-0.15, -0.1) is 23.1 Å². The van der Waals surface area contributed by atoms with Gasteiger partial charge in [-0.1, -0.05) is 62.9 Å². The van der Waals surface area contributed by atoms with Gasteiger partial charge in [-0.2, -0.15) is 0 Å². The zero-order valence-electron chi connectivity index (χ0n) is 23.1. The van der Waals surface area contributed by atoms with Crippen molar-refractivity contribution in [1.29, 1.82) is 0 Å². The molecule has 0 saturated carbocycles. The molecule has 1 atom stereocenters. The predicted octanol–water partition coefficient (Wildman–Crippen LogP) is 5.44. The van der Waals surface area contributed by atoms with Crippen molar-refractivity contribution >= 4 is 54.1 Å². The molecule has 2 aromatic heterocycles. The van der Waals surface area contributed by atoms with Gasteiger partial charge in [0, 0.05) is 36.3 Å². The molecule has 0 spiro atoms. The first-order valence-corrected chi connectivity index (χ1v) is 16.3. The standard InChI is InChI=1S/C29H34FN3O4S3/c1-6-29(4,30)40(36,37)31-15-10-16-38-25-23(17-21-13-9-12-20-11-7-8-14-22(20)21)39-27-24(25)26(34)32(5)28(35)33(27)18-19(2)3/h6-9,11-14,19,31H,1,10,15-18H2,2-5H3/t29-/m0/s1. The van der Waals surface area contributed by atoms with Crippen LogP contribution in [-0.2, 0) is 30.0 Å².